The van der Waals surface area contributed by atoms with Gasteiger partial charge in [-0.15, -0.1) is 0 Å². The van der Waals surface area contributed by atoms with Crippen LogP contribution in [0.2, 0.25) is 0 Å². The molecule has 0 aliphatic rings. The molecule has 2 atom stereocenters. The zero-order valence-electron chi connectivity index (χ0n) is 10.5. The van der Waals surface area contributed by atoms with Crippen molar-refractivity contribution in [1.82, 2.24) is 5.32 Å². The van der Waals surface area contributed by atoms with Crippen LogP contribution < -0.4 is 5.32 Å². The molecule has 0 aliphatic carbocycles. The van der Waals surface area contributed by atoms with E-state index in [2.05, 4.69) is 12.2 Å². The predicted octanol–water partition coefficient (Wildman–Crippen LogP) is 3.61. The van der Waals surface area contributed by atoms with Gasteiger partial charge in [-0.3, -0.25) is 0 Å². The molecule has 1 aromatic rings. The quantitative estimate of drug-likeness (QED) is 0.837. The maximum atomic E-state index is 13.7. The molecule has 0 amide bonds. The summed E-state index contributed by atoms with van der Waals surface area (Å²) in [5.41, 5.74) is 0.551. The Morgan fingerprint density at radius 3 is 2.59 bits per heavy atom. The second-order valence-electron chi connectivity index (χ2n) is 4.13. The lowest BCUT2D eigenvalue weighted by atomic mass is 9.95. The van der Waals surface area contributed by atoms with Gasteiger partial charge in [-0.05, 0) is 30.5 Å². The maximum absolute atomic E-state index is 13.7. The van der Waals surface area contributed by atoms with Gasteiger partial charge in [0.25, 0.3) is 0 Å². The summed E-state index contributed by atoms with van der Waals surface area (Å²) in [6.45, 7) is 4.83. The fourth-order valence-corrected chi connectivity index (χ4v) is 2.67. The largest absolute Gasteiger partial charge is 0.310 e. The fraction of sp³-hybridized carbons (Fsp3) is 0.538. The van der Waals surface area contributed by atoms with Crippen molar-refractivity contribution in [3.05, 3.63) is 35.4 Å². The molecule has 0 aromatic heterocycles. The first-order chi connectivity index (χ1) is 8.10. The first-order valence-electron chi connectivity index (χ1n) is 5.77. The molecule has 0 fully saturated rings. The number of hydrogen-bond acceptors (Lipinski definition) is 2. The first-order valence-corrected chi connectivity index (χ1v) is 7.16. The lowest BCUT2D eigenvalue weighted by Gasteiger charge is -2.25. The van der Waals surface area contributed by atoms with Crippen molar-refractivity contribution in [1.29, 1.82) is 0 Å². The topological polar surface area (TPSA) is 12.0 Å². The second-order valence-corrected chi connectivity index (χ2v) is 5.04. The molecule has 0 bridgehead atoms. The molecule has 1 nitrogen and oxygen atoms in total. The molecule has 0 aliphatic heterocycles. The van der Waals surface area contributed by atoms with Gasteiger partial charge in [0, 0.05) is 17.7 Å². The maximum Gasteiger partial charge on any atom is 0.130 e. The highest BCUT2D eigenvalue weighted by Gasteiger charge is 2.21. The third-order valence-electron chi connectivity index (χ3n) is 2.72. The van der Waals surface area contributed by atoms with Gasteiger partial charge in [-0.2, -0.15) is 11.8 Å². The monoisotopic (exact) mass is 259 g/mol. The molecule has 1 aromatic carbocycles. The van der Waals surface area contributed by atoms with E-state index in [0.29, 0.717) is 11.5 Å². The molecule has 17 heavy (non-hydrogen) atoms. The van der Waals surface area contributed by atoms with Crippen molar-refractivity contribution >= 4 is 11.8 Å². The zero-order valence-corrected chi connectivity index (χ0v) is 11.3. The van der Waals surface area contributed by atoms with Gasteiger partial charge in [0.1, 0.15) is 11.6 Å². The molecule has 0 saturated carbocycles. The van der Waals surface area contributed by atoms with Gasteiger partial charge >= 0.3 is 0 Å². The van der Waals surface area contributed by atoms with E-state index in [9.17, 15) is 8.78 Å². The Morgan fingerprint density at radius 1 is 1.35 bits per heavy atom. The fourth-order valence-electron chi connectivity index (χ4n) is 1.95. The molecular weight excluding hydrogens is 240 g/mol. The number of halogens is 2. The lowest BCUT2D eigenvalue weighted by Crippen LogP contribution is -2.28. The highest BCUT2D eigenvalue weighted by Crippen LogP contribution is 2.26. The van der Waals surface area contributed by atoms with Crippen LogP contribution in [0.15, 0.2) is 18.2 Å². The molecule has 0 radical (unpaired) electrons. The molecule has 96 valence electrons. The highest BCUT2D eigenvalue weighted by atomic mass is 32.2. The predicted molar refractivity (Wildman–Crippen MR) is 70.3 cm³/mol. The molecule has 4 heteroatoms. The van der Waals surface area contributed by atoms with Crippen LogP contribution in [0.4, 0.5) is 8.78 Å². The van der Waals surface area contributed by atoms with Crippen molar-refractivity contribution in [2.24, 2.45) is 5.92 Å². The van der Waals surface area contributed by atoms with Crippen molar-refractivity contribution in [2.45, 2.75) is 19.9 Å². The van der Waals surface area contributed by atoms with Crippen LogP contribution in [-0.4, -0.2) is 18.6 Å². The zero-order chi connectivity index (χ0) is 12.8. The van der Waals surface area contributed by atoms with Gasteiger partial charge in [-0.1, -0.05) is 19.9 Å². The Hall–Kier alpha value is -0.610. The van der Waals surface area contributed by atoms with Crippen molar-refractivity contribution in [3.8, 4) is 0 Å². The van der Waals surface area contributed by atoms with E-state index in [-0.39, 0.29) is 6.04 Å². The van der Waals surface area contributed by atoms with Crippen molar-refractivity contribution < 1.29 is 8.78 Å². The van der Waals surface area contributed by atoms with Gasteiger partial charge < -0.3 is 5.32 Å². The molecule has 0 spiro atoms. The van der Waals surface area contributed by atoms with Crippen LogP contribution in [0.25, 0.3) is 0 Å². The summed E-state index contributed by atoms with van der Waals surface area (Å²) in [6.07, 6.45) is 2.03. The highest BCUT2D eigenvalue weighted by molar-refractivity contribution is 7.98. The van der Waals surface area contributed by atoms with Crippen LogP contribution in [0.1, 0.15) is 25.5 Å². The Labute approximate surface area is 106 Å². The average Bonchev–Trinajstić information content (AvgIpc) is 2.27. The third kappa shape index (κ3) is 3.96. The van der Waals surface area contributed by atoms with E-state index < -0.39 is 11.6 Å². The molecule has 0 heterocycles. The van der Waals surface area contributed by atoms with E-state index >= 15 is 0 Å². The van der Waals surface area contributed by atoms with Crippen LogP contribution in [0, 0.1) is 17.6 Å². The van der Waals surface area contributed by atoms with E-state index in [0.717, 1.165) is 18.4 Å². The van der Waals surface area contributed by atoms with Crippen LogP contribution in [0.5, 0.6) is 0 Å². The Kier molecular flexibility index (Phi) is 5.92. The van der Waals surface area contributed by atoms with Crippen molar-refractivity contribution in [2.75, 3.05) is 18.6 Å². The summed E-state index contributed by atoms with van der Waals surface area (Å²) < 4.78 is 26.6. The molecule has 1 rings (SSSR count). The normalized spacial score (nSPS) is 14.6. The number of hydrogen-bond donors (Lipinski definition) is 1. The summed E-state index contributed by atoms with van der Waals surface area (Å²) in [4.78, 5) is 0. The minimum Gasteiger partial charge on any atom is -0.310 e. The Balaban J connectivity index is 2.96. The molecular formula is C13H19F2NS. The number of rotatable bonds is 6. The Morgan fingerprint density at radius 2 is 2.06 bits per heavy atom. The SMILES string of the molecule is CCNC(c1ccc(F)cc1F)C(C)CSC. The van der Waals surface area contributed by atoms with Gasteiger partial charge in [0.15, 0.2) is 0 Å². The Bertz CT molecular complexity index is 357. The van der Waals surface area contributed by atoms with E-state index in [4.69, 9.17) is 0 Å². The molecule has 0 saturated heterocycles. The van der Waals surface area contributed by atoms with E-state index in [1.807, 2.05) is 13.2 Å². The lowest BCUT2D eigenvalue weighted by molar-refractivity contribution is 0.409. The first kappa shape index (κ1) is 14.5. The molecule has 1 N–H and O–H groups in total. The minimum absolute atomic E-state index is 0.0620. The van der Waals surface area contributed by atoms with Gasteiger partial charge in [0.05, 0.1) is 0 Å². The smallest absolute Gasteiger partial charge is 0.130 e. The number of thioether (sulfide) groups is 1. The third-order valence-corrected chi connectivity index (χ3v) is 3.58. The van der Waals surface area contributed by atoms with E-state index in [1.165, 1.54) is 12.1 Å². The molecule has 2 unspecified atom stereocenters. The van der Waals surface area contributed by atoms with E-state index in [1.54, 1.807) is 11.8 Å². The summed E-state index contributed by atoms with van der Waals surface area (Å²) >= 11 is 1.73. The average molecular weight is 259 g/mol. The minimum atomic E-state index is -0.529. The summed E-state index contributed by atoms with van der Waals surface area (Å²) in [6, 6.07) is 3.74. The summed E-state index contributed by atoms with van der Waals surface area (Å²) in [5, 5.41) is 3.27. The second kappa shape index (κ2) is 6.97. The van der Waals surface area contributed by atoms with Crippen LogP contribution in [-0.2, 0) is 0 Å². The standard InChI is InChI=1S/C13H19F2NS/c1-4-16-13(9(2)8-17-3)11-6-5-10(14)7-12(11)15/h5-7,9,13,16H,4,8H2,1-3H3. The van der Waals surface area contributed by atoms with Gasteiger partial charge in [-0.25, -0.2) is 8.78 Å². The van der Waals surface area contributed by atoms with Crippen LogP contribution >= 0.6 is 11.8 Å². The van der Waals surface area contributed by atoms with Crippen LogP contribution in [0.3, 0.4) is 0 Å². The summed E-state index contributed by atoms with van der Waals surface area (Å²) in [5.74, 6) is 0.238. The summed E-state index contributed by atoms with van der Waals surface area (Å²) in [7, 11) is 0. The van der Waals surface area contributed by atoms with Gasteiger partial charge in [0.2, 0.25) is 0 Å². The number of nitrogens with one attached hydrogen (secondary N) is 1. The van der Waals surface area contributed by atoms with Crippen molar-refractivity contribution in [3.63, 3.8) is 0 Å². The number of benzene rings is 1.